The second-order valence-corrected chi connectivity index (χ2v) is 5.59. The number of hydrogen-bond donors (Lipinski definition) is 1. The van der Waals surface area contributed by atoms with Gasteiger partial charge in [-0.25, -0.2) is 0 Å². The van der Waals surface area contributed by atoms with Crippen molar-refractivity contribution in [1.29, 1.82) is 0 Å². The van der Waals surface area contributed by atoms with E-state index in [4.69, 9.17) is 9.84 Å². The van der Waals surface area contributed by atoms with Gasteiger partial charge in [0.2, 0.25) is 0 Å². The Morgan fingerprint density at radius 1 is 1.56 bits per heavy atom. The summed E-state index contributed by atoms with van der Waals surface area (Å²) >= 11 is 0. The number of ether oxygens (including phenoxy) is 1. The van der Waals surface area contributed by atoms with Gasteiger partial charge in [-0.05, 0) is 6.42 Å². The first-order valence-electron chi connectivity index (χ1n) is 4.86. The summed E-state index contributed by atoms with van der Waals surface area (Å²) < 4.78 is 30.4. The number of rotatable bonds is 5. The van der Waals surface area contributed by atoms with Crippen molar-refractivity contribution in [1.82, 2.24) is 8.61 Å². The lowest BCUT2D eigenvalue weighted by Crippen LogP contribution is -2.40. The highest BCUT2D eigenvalue weighted by Gasteiger charge is 2.45. The van der Waals surface area contributed by atoms with Crippen LogP contribution in [0.25, 0.3) is 0 Å². The third-order valence-electron chi connectivity index (χ3n) is 2.48. The maximum atomic E-state index is 11.7. The summed E-state index contributed by atoms with van der Waals surface area (Å²) in [5, 5.41) is 8.93. The maximum absolute atomic E-state index is 11.7. The van der Waals surface area contributed by atoms with Gasteiger partial charge in [-0.2, -0.15) is 17.0 Å². The fourth-order valence-electron chi connectivity index (χ4n) is 1.61. The van der Waals surface area contributed by atoms with Gasteiger partial charge >= 0.3 is 5.97 Å². The topological polar surface area (TPSA) is 87.2 Å². The Kier molecular flexibility index (Phi) is 4.25. The van der Waals surface area contributed by atoms with Crippen molar-refractivity contribution in [2.45, 2.75) is 12.5 Å². The standard InChI is InChI=1S/C8H16N2O5S/c1-9-6-7(8(11)12)10(16(9,13)14)4-3-5-15-2/h7H,3-6H2,1-2H3,(H,11,12). The minimum Gasteiger partial charge on any atom is -0.480 e. The predicted molar refractivity (Wildman–Crippen MR) is 56.2 cm³/mol. The van der Waals surface area contributed by atoms with Crippen LogP contribution in [0.15, 0.2) is 0 Å². The largest absolute Gasteiger partial charge is 0.480 e. The molecule has 0 bridgehead atoms. The Morgan fingerprint density at radius 2 is 2.19 bits per heavy atom. The van der Waals surface area contributed by atoms with Crippen LogP contribution in [-0.2, 0) is 19.7 Å². The Bertz CT molecular complexity index is 355. The molecule has 1 atom stereocenters. The minimum atomic E-state index is -3.61. The fourth-order valence-corrected chi connectivity index (χ4v) is 3.13. The number of likely N-dealkylation sites (N-methyl/N-ethyl adjacent to an activating group) is 1. The van der Waals surface area contributed by atoms with Gasteiger partial charge in [0.05, 0.1) is 0 Å². The zero-order valence-electron chi connectivity index (χ0n) is 9.29. The maximum Gasteiger partial charge on any atom is 0.323 e. The molecule has 94 valence electrons. The quantitative estimate of drug-likeness (QED) is 0.632. The van der Waals surface area contributed by atoms with E-state index in [0.29, 0.717) is 13.0 Å². The fraction of sp³-hybridized carbons (Fsp3) is 0.875. The molecular weight excluding hydrogens is 236 g/mol. The molecule has 1 aliphatic rings. The second kappa shape index (κ2) is 5.09. The van der Waals surface area contributed by atoms with Gasteiger partial charge in [-0.1, -0.05) is 0 Å². The predicted octanol–water partition coefficient (Wildman–Crippen LogP) is -1.03. The number of hydrogen-bond acceptors (Lipinski definition) is 4. The van der Waals surface area contributed by atoms with Gasteiger partial charge in [-0.3, -0.25) is 4.79 Å². The van der Waals surface area contributed by atoms with Gasteiger partial charge in [0.25, 0.3) is 10.2 Å². The molecule has 1 rings (SSSR count). The molecule has 0 amide bonds. The highest BCUT2D eigenvalue weighted by Crippen LogP contribution is 2.21. The number of nitrogens with zero attached hydrogens (tertiary/aromatic N) is 2. The van der Waals surface area contributed by atoms with Crippen molar-refractivity contribution < 1.29 is 23.1 Å². The number of methoxy groups -OCH3 is 1. The zero-order chi connectivity index (χ0) is 12.3. The van der Waals surface area contributed by atoms with Crippen LogP contribution in [0.3, 0.4) is 0 Å². The molecule has 0 aromatic heterocycles. The second-order valence-electron chi connectivity index (χ2n) is 3.60. The van der Waals surface area contributed by atoms with Gasteiger partial charge in [-0.15, -0.1) is 0 Å². The van der Waals surface area contributed by atoms with E-state index >= 15 is 0 Å². The smallest absolute Gasteiger partial charge is 0.323 e. The van der Waals surface area contributed by atoms with Crippen LogP contribution in [0.2, 0.25) is 0 Å². The van der Waals surface area contributed by atoms with Gasteiger partial charge in [0, 0.05) is 33.9 Å². The van der Waals surface area contributed by atoms with E-state index in [1.54, 1.807) is 0 Å². The monoisotopic (exact) mass is 252 g/mol. The van der Waals surface area contributed by atoms with E-state index in [1.165, 1.54) is 14.2 Å². The van der Waals surface area contributed by atoms with Crippen LogP contribution in [-0.4, -0.2) is 68.0 Å². The molecule has 8 heteroatoms. The number of carbonyl (C=O) groups is 1. The molecule has 1 saturated heterocycles. The third-order valence-corrected chi connectivity index (χ3v) is 4.45. The molecule has 0 aliphatic carbocycles. The minimum absolute atomic E-state index is 0.00928. The van der Waals surface area contributed by atoms with Crippen molar-refractivity contribution in [3.8, 4) is 0 Å². The first kappa shape index (κ1) is 13.4. The summed E-state index contributed by atoms with van der Waals surface area (Å²) in [5.74, 6) is -1.12. The molecule has 1 N–H and O–H groups in total. The van der Waals surface area contributed by atoms with E-state index in [9.17, 15) is 13.2 Å². The first-order chi connectivity index (χ1) is 7.41. The number of carboxylic acid groups (broad SMARTS) is 1. The average molecular weight is 252 g/mol. The Morgan fingerprint density at radius 3 is 2.69 bits per heavy atom. The van der Waals surface area contributed by atoms with Gasteiger partial charge < -0.3 is 9.84 Å². The van der Waals surface area contributed by atoms with Gasteiger partial charge in [0.1, 0.15) is 6.04 Å². The van der Waals surface area contributed by atoms with Crippen molar-refractivity contribution >= 4 is 16.2 Å². The third kappa shape index (κ3) is 2.51. The van der Waals surface area contributed by atoms with E-state index < -0.39 is 22.2 Å². The van der Waals surface area contributed by atoms with Crippen LogP contribution >= 0.6 is 0 Å². The zero-order valence-corrected chi connectivity index (χ0v) is 10.1. The summed E-state index contributed by atoms with van der Waals surface area (Å²) in [5.41, 5.74) is 0. The highest BCUT2D eigenvalue weighted by molar-refractivity contribution is 7.87. The van der Waals surface area contributed by atoms with Crippen LogP contribution in [0.4, 0.5) is 0 Å². The average Bonchev–Trinajstić information content (AvgIpc) is 2.41. The van der Waals surface area contributed by atoms with Crippen molar-refractivity contribution in [3.05, 3.63) is 0 Å². The Balaban J connectivity index is 2.78. The molecule has 1 unspecified atom stereocenters. The van der Waals surface area contributed by atoms with E-state index in [0.717, 1.165) is 8.61 Å². The molecule has 1 heterocycles. The van der Waals surface area contributed by atoms with Crippen LogP contribution < -0.4 is 0 Å². The SMILES string of the molecule is COCCCN1C(C(=O)O)CN(C)S1(=O)=O. The van der Waals surface area contributed by atoms with Gasteiger partial charge in [0.15, 0.2) is 0 Å². The van der Waals surface area contributed by atoms with E-state index in [2.05, 4.69) is 0 Å². The molecular formula is C8H16N2O5S. The Labute approximate surface area is 94.8 Å². The lowest BCUT2D eigenvalue weighted by Gasteiger charge is -2.18. The summed E-state index contributed by atoms with van der Waals surface area (Å²) in [6, 6.07) is -0.994. The first-order valence-corrected chi connectivity index (χ1v) is 6.25. The lowest BCUT2D eigenvalue weighted by molar-refractivity contribution is -0.141. The normalized spacial score (nSPS) is 26.0. The molecule has 1 aliphatic heterocycles. The molecule has 0 saturated carbocycles. The molecule has 7 nitrogen and oxygen atoms in total. The number of carboxylic acids is 1. The van der Waals surface area contributed by atoms with E-state index in [1.807, 2.05) is 0 Å². The van der Waals surface area contributed by atoms with E-state index in [-0.39, 0.29) is 13.1 Å². The summed E-state index contributed by atoms with van der Waals surface area (Å²) in [6.45, 7) is 0.560. The van der Waals surface area contributed by atoms with Crippen molar-refractivity contribution in [2.24, 2.45) is 0 Å². The molecule has 0 aromatic carbocycles. The molecule has 0 spiro atoms. The lowest BCUT2D eigenvalue weighted by atomic mass is 10.3. The van der Waals surface area contributed by atoms with Crippen LogP contribution in [0, 0.1) is 0 Å². The van der Waals surface area contributed by atoms with Crippen molar-refractivity contribution in [3.63, 3.8) is 0 Å². The Hall–Kier alpha value is -0.700. The summed E-state index contributed by atoms with van der Waals surface area (Å²) in [7, 11) is -0.720. The summed E-state index contributed by atoms with van der Waals surface area (Å²) in [6.07, 6.45) is 0.480. The van der Waals surface area contributed by atoms with Crippen LogP contribution in [0.5, 0.6) is 0 Å². The van der Waals surface area contributed by atoms with Crippen molar-refractivity contribution in [2.75, 3.05) is 33.9 Å². The molecule has 16 heavy (non-hydrogen) atoms. The molecule has 0 radical (unpaired) electrons. The molecule has 0 aromatic rings. The number of aliphatic carboxylic acids is 1. The summed E-state index contributed by atoms with van der Waals surface area (Å²) in [4.78, 5) is 10.9. The van der Waals surface area contributed by atoms with Crippen LogP contribution in [0.1, 0.15) is 6.42 Å². The molecule has 1 fully saturated rings. The highest BCUT2D eigenvalue weighted by atomic mass is 32.2.